The van der Waals surface area contributed by atoms with E-state index < -0.39 is 11.7 Å². The average Bonchev–Trinajstić information content (AvgIpc) is 2.82. The number of aliphatic imine (C=N–C) groups is 1. The fourth-order valence-corrected chi connectivity index (χ4v) is 3.89. The van der Waals surface area contributed by atoms with Crippen molar-refractivity contribution < 1.29 is 18.7 Å². The van der Waals surface area contributed by atoms with E-state index in [9.17, 15) is 14.0 Å². The second kappa shape index (κ2) is 10.8. The molecule has 0 aliphatic carbocycles. The molecule has 2 aromatic rings. The number of rotatable bonds is 6. The van der Waals surface area contributed by atoms with Gasteiger partial charge in [-0.25, -0.2) is 9.38 Å². The van der Waals surface area contributed by atoms with Crippen molar-refractivity contribution in [3.63, 3.8) is 0 Å². The number of nitrogens with zero attached hydrogens (tertiary/aromatic N) is 3. The Morgan fingerprint density at radius 2 is 2.00 bits per heavy atom. The molecule has 2 heterocycles. The zero-order chi connectivity index (χ0) is 24.0. The Bertz CT molecular complexity index is 1090. The third kappa shape index (κ3) is 5.83. The van der Waals surface area contributed by atoms with Crippen molar-refractivity contribution in [2.45, 2.75) is 33.6 Å². The van der Waals surface area contributed by atoms with Gasteiger partial charge in [0.15, 0.2) is 0 Å². The minimum atomic E-state index is -0.430. The van der Waals surface area contributed by atoms with E-state index in [2.05, 4.69) is 15.3 Å². The number of hydrogen-bond acceptors (Lipinski definition) is 6. The van der Waals surface area contributed by atoms with Gasteiger partial charge in [-0.15, -0.1) is 0 Å². The lowest BCUT2D eigenvalue weighted by atomic mass is 9.96. The molecule has 1 fully saturated rings. The molecule has 1 aromatic carbocycles. The molecule has 33 heavy (non-hydrogen) atoms. The van der Waals surface area contributed by atoms with Gasteiger partial charge in [-0.05, 0) is 57.9 Å². The van der Waals surface area contributed by atoms with Crippen LogP contribution in [-0.4, -0.2) is 42.8 Å². The fourth-order valence-electron chi connectivity index (χ4n) is 3.89. The maximum atomic E-state index is 14.8. The van der Waals surface area contributed by atoms with Gasteiger partial charge in [0.1, 0.15) is 11.5 Å². The third-order valence-corrected chi connectivity index (χ3v) is 5.66. The summed E-state index contributed by atoms with van der Waals surface area (Å²) in [6.45, 7) is 6.33. The molecular weight excluding hydrogens is 423 g/mol. The number of hydrogen-bond donors (Lipinski definition) is 1. The molecule has 174 valence electrons. The number of anilines is 2. The minimum absolute atomic E-state index is 0.193. The van der Waals surface area contributed by atoms with Gasteiger partial charge in [0.05, 0.1) is 30.1 Å². The van der Waals surface area contributed by atoms with Gasteiger partial charge in [0.25, 0.3) is 5.91 Å². The van der Waals surface area contributed by atoms with Crippen LogP contribution in [0.15, 0.2) is 47.6 Å². The summed E-state index contributed by atoms with van der Waals surface area (Å²) in [6, 6.07) is 8.31. The summed E-state index contributed by atoms with van der Waals surface area (Å²) < 4.78 is 19.6. The van der Waals surface area contributed by atoms with Crippen LogP contribution in [0.2, 0.25) is 0 Å². The molecule has 7 nitrogen and oxygen atoms in total. The number of ether oxygens (including phenoxy) is 1. The number of para-hydroxylation sites is 1. The van der Waals surface area contributed by atoms with Gasteiger partial charge in [0.2, 0.25) is 0 Å². The van der Waals surface area contributed by atoms with E-state index in [4.69, 9.17) is 4.74 Å². The predicted octanol–water partition coefficient (Wildman–Crippen LogP) is 4.38. The highest BCUT2D eigenvalue weighted by atomic mass is 19.1. The summed E-state index contributed by atoms with van der Waals surface area (Å²) in [6.07, 6.45) is 4.64. The van der Waals surface area contributed by atoms with Gasteiger partial charge >= 0.3 is 5.97 Å². The van der Waals surface area contributed by atoms with Crippen molar-refractivity contribution in [3.05, 3.63) is 59.7 Å². The zero-order valence-electron chi connectivity index (χ0n) is 19.4. The third-order valence-electron chi connectivity index (χ3n) is 5.66. The number of pyridine rings is 1. The number of aryl methyl sites for hydroxylation is 1. The molecule has 0 radical (unpaired) electrons. The molecule has 1 saturated heterocycles. The maximum absolute atomic E-state index is 14.8. The molecule has 1 aromatic heterocycles. The number of allylic oxidation sites excluding steroid dienone is 1. The smallest absolute Gasteiger partial charge is 0.308 e. The number of methoxy groups -OCH3 is 1. The molecule has 0 bridgehead atoms. The van der Waals surface area contributed by atoms with Crippen molar-refractivity contribution in [2.75, 3.05) is 30.4 Å². The number of benzene rings is 1. The van der Waals surface area contributed by atoms with Crippen LogP contribution < -0.4 is 10.2 Å². The second-order valence-electron chi connectivity index (χ2n) is 7.93. The van der Waals surface area contributed by atoms with Gasteiger partial charge in [0, 0.05) is 30.5 Å². The Kier molecular flexibility index (Phi) is 7.92. The first-order valence-electron chi connectivity index (χ1n) is 10.9. The Labute approximate surface area is 193 Å². The van der Waals surface area contributed by atoms with E-state index >= 15 is 0 Å². The topological polar surface area (TPSA) is 83.9 Å². The van der Waals surface area contributed by atoms with Crippen LogP contribution in [0.25, 0.3) is 5.70 Å². The molecule has 1 aliphatic rings. The van der Waals surface area contributed by atoms with Crippen LogP contribution in [0, 0.1) is 18.7 Å². The number of amides is 1. The Morgan fingerprint density at radius 3 is 2.64 bits per heavy atom. The number of esters is 1. The van der Waals surface area contributed by atoms with Crippen molar-refractivity contribution in [2.24, 2.45) is 10.9 Å². The van der Waals surface area contributed by atoms with E-state index in [1.165, 1.54) is 13.2 Å². The summed E-state index contributed by atoms with van der Waals surface area (Å²) in [5, 5.41) is 2.80. The first-order valence-corrected chi connectivity index (χ1v) is 10.9. The number of nitrogens with one attached hydrogen (secondary N) is 1. The SMILES string of the molecule is C/C=C(\N=C(C)C(=O)Nc1cccc(F)c1N1CCC(C(=O)OC)CC1)c1ccnc(C)c1. The van der Waals surface area contributed by atoms with Crippen molar-refractivity contribution in [3.8, 4) is 0 Å². The highest BCUT2D eigenvalue weighted by molar-refractivity contribution is 6.43. The summed E-state index contributed by atoms with van der Waals surface area (Å²) >= 11 is 0. The Balaban J connectivity index is 1.78. The lowest BCUT2D eigenvalue weighted by Gasteiger charge is -2.33. The molecule has 1 aliphatic heterocycles. The largest absolute Gasteiger partial charge is 0.469 e. The quantitative estimate of drug-likeness (QED) is 0.520. The molecule has 1 amide bonds. The molecule has 3 rings (SSSR count). The van der Waals surface area contributed by atoms with Crippen LogP contribution in [0.5, 0.6) is 0 Å². The van der Waals surface area contributed by atoms with Gasteiger partial charge in [-0.3, -0.25) is 14.6 Å². The molecule has 0 spiro atoms. The first kappa shape index (κ1) is 24.1. The number of halogens is 1. The number of piperidine rings is 1. The Hall–Kier alpha value is -3.55. The summed E-state index contributed by atoms with van der Waals surface area (Å²) in [5.74, 6) is -1.29. The van der Waals surface area contributed by atoms with E-state index in [0.29, 0.717) is 43.0 Å². The van der Waals surface area contributed by atoms with Crippen molar-refractivity contribution in [1.82, 2.24) is 4.98 Å². The van der Waals surface area contributed by atoms with E-state index in [1.54, 1.807) is 25.3 Å². The molecule has 0 unspecified atom stereocenters. The number of carbonyl (C=O) groups is 2. The number of aromatic nitrogens is 1. The van der Waals surface area contributed by atoms with Gasteiger partial charge < -0.3 is 15.0 Å². The van der Waals surface area contributed by atoms with Gasteiger partial charge in [-0.1, -0.05) is 12.1 Å². The molecule has 0 saturated carbocycles. The summed E-state index contributed by atoms with van der Waals surface area (Å²) in [7, 11) is 1.37. The van der Waals surface area contributed by atoms with Crippen molar-refractivity contribution in [1.29, 1.82) is 0 Å². The normalized spacial score (nSPS) is 15.4. The van der Waals surface area contributed by atoms with Crippen molar-refractivity contribution >= 4 is 34.7 Å². The van der Waals surface area contributed by atoms with Crippen LogP contribution in [0.4, 0.5) is 15.8 Å². The van der Waals surface area contributed by atoms with Crippen LogP contribution in [0.1, 0.15) is 37.9 Å². The number of carbonyl (C=O) groups excluding carboxylic acids is 2. The maximum Gasteiger partial charge on any atom is 0.308 e. The molecular formula is C25H29FN4O3. The van der Waals surface area contributed by atoms with E-state index in [1.807, 2.05) is 37.0 Å². The lowest BCUT2D eigenvalue weighted by Crippen LogP contribution is -2.37. The van der Waals surface area contributed by atoms with Gasteiger partial charge in [-0.2, -0.15) is 0 Å². The average molecular weight is 453 g/mol. The Morgan fingerprint density at radius 1 is 1.27 bits per heavy atom. The predicted molar refractivity (Wildman–Crippen MR) is 128 cm³/mol. The molecule has 1 N–H and O–H groups in total. The summed E-state index contributed by atoms with van der Waals surface area (Å²) in [5.41, 5.74) is 3.29. The van der Waals surface area contributed by atoms with E-state index in [0.717, 1.165) is 11.3 Å². The first-order chi connectivity index (χ1) is 15.8. The zero-order valence-corrected chi connectivity index (χ0v) is 19.4. The highest BCUT2D eigenvalue weighted by Crippen LogP contribution is 2.33. The minimum Gasteiger partial charge on any atom is -0.469 e. The monoisotopic (exact) mass is 452 g/mol. The lowest BCUT2D eigenvalue weighted by molar-refractivity contribution is -0.146. The molecule has 8 heteroatoms. The standard InChI is InChI=1S/C25H29FN4O3/c1-5-21(19-9-12-27-16(2)15-19)28-17(3)24(31)29-22-8-6-7-20(26)23(22)30-13-10-18(11-14-30)25(32)33-4/h5-9,12,15,18H,10-11,13-14H2,1-4H3,(H,29,31)/b21-5-,28-17?. The van der Waals surface area contributed by atoms with Crippen LogP contribution >= 0.6 is 0 Å². The fraction of sp³-hybridized carbons (Fsp3) is 0.360. The van der Waals surface area contributed by atoms with Crippen LogP contribution in [-0.2, 0) is 14.3 Å². The summed E-state index contributed by atoms with van der Waals surface area (Å²) in [4.78, 5) is 35.2. The highest BCUT2D eigenvalue weighted by Gasteiger charge is 2.28. The van der Waals surface area contributed by atoms with Crippen LogP contribution in [0.3, 0.4) is 0 Å². The second-order valence-corrected chi connectivity index (χ2v) is 7.93. The molecule has 0 atom stereocenters. The van der Waals surface area contributed by atoms with E-state index in [-0.39, 0.29) is 17.6 Å².